The first-order chi connectivity index (χ1) is 9.00. The zero-order valence-electron chi connectivity index (χ0n) is 11.0. The zero-order valence-corrected chi connectivity index (χ0v) is 11.0. The van der Waals surface area contributed by atoms with E-state index in [2.05, 4.69) is 5.32 Å². The van der Waals surface area contributed by atoms with Crippen molar-refractivity contribution in [1.82, 2.24) is 5.32 Å². The predicted octanol–water partition coefficient (Wildman–Crippen LogP) is 1.40. The van der Waals surface area contributed by atoms with Gasteiger partial charge < -0.3 is 9.84 Å². The average Bonchev–Trinajstić information content (AvgIpc) is 2.76. The highest BCUT2D eigenvalue weighted by atomic mass is 19.1. The first-order valence-electron chi connectivity index (χ1n) is 6.22. The Morgan fingerprint density at radius 1 is 1.63 bits per heavy atom. The van der Waals surface area contributed by atoms with Gasteiger partial charge >= 0.3 is 5.97 Å². The summed E-state index contributed by atoms with van der Waals surface area (Å²) in [6, 6.07) is 5.93. The van der Waals surface area contributed by atoms with Crippen molar-refractivity contribution in [2.75, 3.05) is 13.7 Å². The number of aliphatic hydroxyl groups excluding tert-OH is 1. The van der Waals surface area contributed by atoms with Gasteiger partial charge in [-0.3, -0.25) is 10.1 Å². The first kappa shape index (κ1) is 14.0. The van der Waals surface area contributed by atoms with Crippen molar-refractivity contribution < 1.29 is 19.0 Å². The van der Waals surface area contributed by atoms with Crippen LogP contribution in [0.25, 0.3) is 0 Å². The molecule has 1 aromatic carbocycles. The van der Waals surface area contributed by atoms with E-state index in [1.165, 1.54) is 19.2 Å². The van der Waals surface area contributed by atoms with E-state index in [4.69, 9.17) is 4.74 Å². The average molecular weight is 267 g/mol. The van der Waals surface area contributed by atoms with Crippen molar-refractivity contribution >= 4 is 5.97 Å². The van der Waals surface area contributed by atoms with Crippen LogP contribution in [0.15, 0.2) is 24.3 Å². The minimum Gasteiger partial charge on any atom is -0.468 e. The lowest BCUT2D eigenvalue weighted by Crippen LogP contribution is -2.45. The van der Waals surface area contributed by atoms with E-state index < -0.39 is 5.54 Å². The minimum absolute atomic E-state index is 0.0687. The molecule has 1 aromatic rings. The van der Waals surface area contributed by atoms with Crippen molar-refractivity contribution in [3.8, 4) is 0 Å². The second-order valence-corrected chi connectivity index (χ2v) is 5.15. The Balaban J connectivity index is 2.28. The highest BCUT2D eigenvalue weighted by Crippen LogP contribution is 2.38. The number of halogens is 1. The number of aliphatic hydroxyl groups is 1. The Bertz CT molecular complexity index is 480. The fourth-order valence-electron chi connectivity index (χ4n) is 2.76. The molecule has 3 atom stereocenters. The van der Waals surface area contributed by atoms with Crippen LogP contribution in [-0.4, -0.2) is 30.3 Å². The summed E-state index contributed by atoms with van der Waals surface area (Å²) in [5, 5.41) is 12.6. The van der Waals surface area contributed by atoms with Crippen LogP contribution in [0.2, 0.25) is 0 Å². The molecule has 0 saturated carbocycles. The summed E-state index contributed by atoms with van der Waals surface area (Å²) in [5.74, 6) is -0.849. The number of nitrogens with one attached hydrogen (secondary N) is 1. The van der Waals surface area contributed by atoms with E-state index in [1.807, 2.05) is 0 Å². The molecule has 1 fully saturated rings. The number of esters is 1. The van der Waals surface area contributed by atoms with Crippen LogP contribution >= 0.6 is 0 Å². The summed E-state index contributed by atoms with van der Waals surface area (Å²) in [5.41, 5.74) is -0.120. The molecule has 19 heavy (non-hydrogen) atoms. The highest BCUT2D eigenvalue weighted by molar-refractivity contribution is 5.80. The van der Waals surface area contributed by atoms with Crippen LogP contribution < -0.4 is 5.32 Å². The van der Waals surface area contributed by atoms with Gasteiger partial charge in [0.1, 0.15) is 11.4 Å². The Kier molecular flexibility index (Phi) is 3.87. The highest BCUT2D eigenvalue weighted by Gasteiger charge is 2.47. The van der Waals surface area contributed by atoms with Gasteiger partial charge in [0.2, 0.25) is 0 Å². The van der Waals surface area contributed by atoms with Crippen LogP contribution in [0.4, 0.5) is 4.39 Å². The number of ether oxygens (including phenoxy) is 1. The molecule has 0 bridgehead atoms. The number of hydrogen-bond acceptors (Lipinski definition) is 4. The standard InChI is InChI=1S/C14H18FNO3/c1-14(13(18)19-2)7-10(8-17)12(16-14)9-4-3-5-11(15)6-9/h3-6,10,12,16-17H,7-8H2,1-2H3/t10-,12+,14+/m0/s1. The molecule has 1 heterocycles. The Labute approximate surface area is 111 Å². The number of benzene rings is 1. The quantitative estimate of drug-likeness (QED) is 0.813. The fourth-order valence-corrected chi connectivity index (χ4v) is 2.76. The molecule has 0 amide bonds. The molecule has 5 heteroatoms. The van der Waals surface area contributed by atoms with Gasteiger partial charge in [-0.05, 0) is 31.0 Å². The zero-order chi connectivity index (χ0) is 14.0. The summed E-state index contributed by atoms with van der Waals surface area (Å²) in [7, 11) is 1.33. The van der Waals surface area contributed by atoms with E-state index in [-0.39, 0.29) is 30.4 Å². The Morgan fingerprint density at radius 3 is 2.95 bits per heavy atom. The van der Waals surface area contributed by atoms with Crippen molar-refractivity contribution in [3.05, 3.63) is 35.6 Å². The van der Waals surface area contributed by atoms with Crippen molar-refractivity contribution in [1.29, 1.82) is 0 Å². The molecule has 2 N–H and O–H groups in total. The number of carbonyl (C=O) groups is 1. The molecule has 1 aliphatic heterocycles. The lowest BCUT2D eigenvalue weighted by Gasteiger charge is -2.22. The maximum atomic E-state index is 13.3. The van der Waals surface area contributed by atoms with Crippen LogP contribution in [0.3, 0.4) is 0 Å². The van der Waals surface area contributed by atoms with Crippen LogP contribution in [0.1, 0.15) is 24.9 Å². The molecule has 0 unspecified atom stereocenters. The minimum atomic E-state index is -0.848. The van der Waals surface area contributed by atoms with Crippen molar-refractivity contribution in [2.24, 2.45) is 5.92 Å². The lowest BCUT2D eigenvalue weighted by molar-refractivity contribution is -0.147. The number of methoxy groups -OCH3 is 1. The third kappa shape index (κ3) is 2.62. The predicted molar refractivity (Wildman–Crippen MR) is 67.9 cm³/mol. The molecule has 0 aromatic heterocycles. The molecule has 1 saturated heterocycles. The molecule has 0 spiro atoms. The normalized spacial score (nSPS) is 30.3. The van der Waals surface area contributed by atoms with E-state index in [0.29, 0.717) is 6.42 Å². The van der Waals surface area contributed by atoms with E-state index in [0.717, 1.165) is 5.56 Å². The molecule has 1 aliphatic rings. The third-order valence-electron chi connectivity index (χ3n) is 3.69. The van der Waals surface area contributed by atoms with Crippen LogP contribution in [0, 0.1) is 11.7 Å². The van der Waals surface area contributed by atoms with E-state index >= 15 is 0 Å². The van der Waals surface area contributed by atoms with Crippen molar-refractivity contribution in [2.45, 2.75) is 24.9 Å². The third-order valence-corrected chi connectivity index (χ3v) is 3.69. The van der Waals surface area contributed by atoms with Gasteiger partial charge in [0.25, 0.3) is 0 Å². The largest absolute Gasteiger partial charge is 0.468 e. The molecular weight excluding hydrogens is 249 g/mol. The molecular formula is C14H18FNO3. The number of hydrogen-bond donors (Lipinski definition) is 2. The molecule has 2 rings (SSSR count). The molecule has 0 aliphatic carbocycles. The van der Waals surface area contributed by atoms with Gasteiger partial charge in [-0.1, -0.05) is 12.1 Å². The molecule has 104 valence electrons. The van der Waals surface area contributed by atoms with Crippen LogP contribution in [-0.2, 0) is 9.53 Å². The van der Waals surface area contributed by atoms with Gasteiger partial charge in [0.15, 0.2) is 0 Å². The topological polar surface area (TPSA) is 58.6 Å². The number of rotatable bonds is 3. The second-order valence-electron chi connectivity index (χ2n) is 5.15. The SMILES string of the molecule is COC(=O)[C@@]1(C)C[C@@H](CO)[C@@H](c2cccc(F)c2)N1. The van der Waals surface area contributed by atoms with Gasteiger partial charge in [-0.15, -0.1) is 0 Å². The summed E-state index contributed by atoms with van der Waals surface area (Å²) in [6.45, 7) is 1.67. The summed E-state index contributed by atoms with van der Waals surface area (Å²) in [4.78, 5) is 11.8. The Hall–Kier alpha value is -1.46. The van der Waals surface area contributed by atoms with Gasteiger partial charge in [0.05, 0.1) is 7.11 Å². The van der Waals surface area contributed by atoms with Gasteiger partial charge in [0, 0.05) is 18.6 Å². The summed E-state index contributed by atoms with van der Waals surface area (Å²) >= 11 is 0. The summed E-state index contributed by atoms with van der Waals surface area (Å²) < 4.78 is 18.1. The Morgan fingerprint density at radius 2 is 2.37 bits per heavy atom. The number of carbonyl (C=O) groups excluding carboxylic acids is 1. The maximum Gasteiger partial charge on any atom is 0.325 e. The molecule has 4 nitrogen and oxygen atoms in total. The summed E-state index contributed by atoms with van der Waals surface area (Å²) in [6.07, 6.45) is 0.456. The monoisotopic (exact) mass is 267 g/mol. The van der Waals surface area contributed by atoms with Crippen LogP contribution in [0.5, 0.6) is 0 Å². The smallest absolute Gasteiger partial charge is 0.325 e. The van der Waals surface area contributed by atoms with Gasteiger partial charge in [-0.2, -0.15) is 0 Å². The van der Waals surface area contributed by atoms with E-state index in [1.54, 1.807) is 19.1 Å². The van der Waals surface area contributed by atoms with Crippen molar-refractivity contribution in [3.63, 3.8) is 0 Å². The second kappa shape index (κ2) is 5.27. The maximum absolute atomic E-state index is 13.3. The lowest BCUT2D eigenvalue weighted by atomic mass is 9.91. The first-order valence-corrected chi connectivity index (χ1v) is 6.22. The van der Waals surface area contributed by atoms with Gasteiger partial charge in [-0.25, -0.2) is 4.39 Å². The van der Waals surface area contributed by atoms with E-state index in [9.17, 15) is 14.3 Å². The molecule has 0 radical (unpaired) electrons. The fraction of sp³-hybridized carbons (Fsp3) is 0.500.